The summed E-state index contributed by atoms with van der Waals surface area (Å²) in [6.45, 7) is 6.38. The molecule has 0 fully saturated rings. The normalized spacial score (nSPS) is 11.0. The number of nitrogens with two attached hydrogens (primary N) is 1. The summed E-state index contributed by atoms with van der Waals surface area (Å²) in [5, 5.41) is 11.6. The van der Waals surface area contributed by atoms with Gasteiger partial charge in [0.05, 0.1) is 6.73 Å². The molecule has 10 heteroatoms. The maximum atomic E-state index is 13.0. The fourth-order valence-corrected chi connectivity index (χ4v) is 3.87. The molecule has 34 heavy (non-hydrogen) atoms. The summed E-state index contributed by atoms with van der Waals surface area (Å²) in [6, 6.07) is 0. The zero-order chi connectivity index (χ0) is 25.0. The number of hydrogen-bond acceptors (Lipinski definition) is 7. The van der Waals surface area contributed by atoms with Crippen LogP contribution < -0.4 is 28.1 Å². The smallest absolute Gasteiger partial charge is 0.336 e. The lowest BCUT2D eigenvalue weighted by molar-refractivity contribution is 0.259. The van der Waals surface area contributed by atoms with Crippen molar-refractivity contribution < 1.29 is 5.11 Å². The second kappa shape index (κ2) is 19.1. The largest absolute Gasteiger partial charge is 0.381 e. The van der Waals surface area contributed by atoms with E-state index in [1.165, 1.54) is 13.7 Å². The van der Waals surface area contributed by atoms with Crippen molar-refractivity contribution in [2.45, 2.75) is 96.7 Å². The number of nitrogens with zero attached hydrogens (tertiary/aromatic N) is 4. The molecule has 0 radical (unpaired) electrons. The predicted molar refractivity (Wildman–Crippen MR) is 137 cm³/mol. The SMILES string of the molecule is C=C=NCCCCCCn1c(=O)n(CCCCCCN)c(=O)n(CCCCCCNCO)c1=O. The summed E-state index contributed by atoms with van der Waals surface area (Å²) in [5.41, 5.74) is 4.02. The van der Waals surface area contributed by atoms with Crippen molar-refractivity contribution in [3.8, 4) is 0 Å². The van der Waals surface area contributed by atoms with Crippen LogP contribution in [0.3, 0.4) is 0 Å². The van der Waals surface area contributed by atoms with Gasteiger partial charge in [0, 0.05) is 26.2 Å². The van der Waals surface area contributed by atoms with Crippen LogP contribution >= 0.6 is 0 Å². The summed E-state index contributed by atoms with van der Waals surface area (Å²) < 4.78 is 3.69. The van der Waals surface area contributed by atoms with E-state index in [9.17, 15) is 14.4 Å². The van der Waals surface area contributed by atoms with Crippen LogP contribution in [-0.4, -0.2) is 51.0 Å². The Labute approximate surface area is 202 Å². The lowest BCUT2D eigenvalue weighted by atomic mass is 10.2. The van der Waals surface area contributed by atoms with Crippen LogP contribution in [0.2, 0.25) is 0 Å². The Hall–Kier alpha value is -2.26. The molecule has 1 aromatic heterocycles. The minimum Gasteiger partial charge on any atom is -0.381 e. The van der Waals surface area contributed by atoms with Crippen molar-refractivity contribution in [2.75, 3.05) is 26.4 Å². The quantitative estimate of drug-likeness (QED) is 0.137. The molecular formula is C24H44N6O4. The highest BCUT2D eigenvalue weighted by Gasteiger charge is 2.15. The van der Waals surface area contributed by atoms with E-state index in [1.54, 1.807) is 0 Å². The van der Waals surface area contributed by atoms with Gasteiger partial charge in [0.2, 0.25) is 0 Å². The molecule has 0 aliphatic rings. The first-order valence-electron chi connectivity index (χ1n) is 12.7. The third-order valence-electron chi connectivity index (χ3n) is 5.83. The lowest BCUT2D eigenvalue weighted by Gasteiger charge is -2.14. The van der Waals surface area contributed by atoms with Gasteiger partial charge in [-0.2, -0.15) is 0 Å². The molecule has 0 aliphatic carbocycles. The first-order valence-corrected chi connectivity index (χ1v) is 12.7. The number of aliphatic imine (C=N–C) groups is 1. The number of rotatable bonds is 21. The van der Waals surface area contributed by atoms with E-state index in [1.807, 2.05) is 0 Å². The molecule has 0 bridgehead atoms. The van der Waals surface area contributed by atoms with Crippen LogP contribution in [0.4, 0.5) is 0 Å². The Morgan fingerprint density at radius 1 is 0.735 bits per heavy atom. The minimum atomic E-state index is -0.507. The maximum absolute atomic E-state index is 13.0. The molecule has 1 heterocycles. The van der Waals surface area contributed by atoms with E-state index in [0.717, 1.165) is 64.3 Å². The Bertz CT molecular complexity index is 898. The molecule has 0 saturated heterocycles. The Morgan fingerprint density at radius 3 is 1.62 bits per heavy atom. The van der Waals surface area contributed by atoms with Gasteiger partial charge in [-0.1, -0.05) is 38.5 Å². The van der Waals surface area contributed by atoms with Crippen molar-refractivity contribution >= 4 is 5.87 Å². The van der Waals surface area contributed by atoms with Gasteiger partial charge >= 0.3 is 17.1 Å². The number of unbranched alkanes of at least 4 members (excludes halogenated alkanes) is 9. The second-order valence-electron chi connectivity index (χ2n) is 8.53. The average molecular weight is 481 g/mol. The van der Waals surface area contributed by atoms with Crippen LogP contribution in [0.5, 0.6) is 0 Å². The molecule has 1 rings (SSSR count). The van der Waals surface area contributed by atoms with Crippen molar-refractivity contribution in [3.05, 3.63) is 38.0 Å². The van der Waals surface area contributed by atoms with Gasteiger partial charge < -0.3 is 10.8 Å². The molecule has 0 atom stereocenters. The Kier molecular flexibility index (Phi) is 16.7. The first kappa shape index (κ1) is 29.8. The van der Waals surface area contributed by atoms with Crippen LogP contribution in [-0.2, 0) is 19.6 Å². The molecule has 0 spiro atoms. The van der Waals surface area contributed by atoms with E-state index < -0.39 is 17.1 Å². The van der Waals surface area contributed by atoms with Crippen molar-refractivity contribution in [2.24, 2.45) is 10.7 Å². The number of aromatic nitrogens is 3. The topological polar surface area (TPSA) is 137 Å². The maximum Gasteiger partial charge on any atom is 0.336 e. The monoisotopic (exact) mass is 480 g/mol. The number of aliphatic hydroxyl groups excluding tert-OH is 1. The van der Waals surface area contributed by atoms with E-state index in [4.69, 9.17) is 10.8 Å². The highest BCUT2D eigenvalue weighted by atomic mass is 16.3. The predicted octanol–water partition coefficient (Wildman–Crippen LogP) is 1.21. The van der Waals surface area contributed by atoms with Crippen LogP contribution in [0.25, 0.3) is 0 Å². The van der Waals surface area contributed by atoms with Crippen molar-refractivity contribution in [1.29, 1.82) is 0 Å². The highest BCUT2D eigenvalue weighted by Crippen LogP contribution is 2.03. The standard InChI is InChI=1S/C24H44N6O4/c1-2-26-16-10-4-7-13-19-29-22(32)28(18-12-6-3-9-15-25)23(33)30(24(29)34)20-14-8-5-11-17-27-21-31/h27,31H,1,3-21,25H2. The summed E-state index contributed by atoms with van der Waals surface area (Å²) >= 11 is 0. The van der Waals surface area contributed by atoms with Gasteiger partial charge in [-0.25, -0.2) is 33.1 Å². The number of hydrogen-bond donors (Lipinski definition) is 3. The van der Waals surface area contributed by atoms with Gasteiger partial charge in [-0.05, 0) is 64.1 Å². The Morgan fingerprint density at radius 2 is 1.18 bits per heavy atom. The van der Waals surface area contributed by atoms with Gasteiger partial charge in [0.25, 0.3) is 0 Å². The minimum absolute atomic E-state index is 0.0362. The summed E-state index contributed by atoms with van der Waals surface area (Å²) in [5.74, 6) is 2.51. The zero-order valence-electron chi connectivity index (χ0n) is 20.7. The van der Waals surface area contributed by atoms with E-state index >= 15 is 0 Å². The highest BCUT2D eigenvalue weighted by molar-refractivity contribution is 5.46. The molecule has 194 valence electrons. The van der Waals surface area contributed by atoms with Crippen LogP contribution in [0.15, 0.2) is 26.0 Å². The zero-order valence-corrected chi connectivity index (χ0v) is 20.7. The summed E-state index contributed by atoms with van der Waals surface area (Å²) in [7, 11) is 0. The third kappa shape index (κ3) is 11.2. The number of nitrogens with one attached hydrogen (secondary N) is 1. The van der Waals surface area contributed by atoms with Crippen molar-refractivity contribution in [3.63, 3.8) is 0 Å². The molecule has 0 amide bonds. The van der Waals surface area contributed by atoms with Crippen molar-refractivity contribution in [1.82, 2.24) is 19.0 Å². The molecule has 0 unspecified atom stereocenters. The molecule has 10 nitrogen and oxygen atoms in total. The molecule has 4 N–H and O–H groups in total. The molecule has 0 aromatic carbocycles. The fourth-order valence-electron chi connectivity index (χ4n) is 3.87. The van der Waals surface area contributed by atoms with Gasteiger partial charge in [0.1, 0.15) is 0 Å². The summed E-state index contributed by atoms with van der Waals surface area (Å²) in [4.78, 5) is 43.0. The third-order valence-corrected chi connectivity index (χ3v) is 5.83. The van der Waals surface area contributed by atoms with Gasteiger partial charge in [-0.15, -0.1) is 0 Å². The molecule has 0 aliphatic heterocycles. The fraction of sp³-hybridized carbons (Fsp3) is 0.792. The summed E-state index contributed by atoms with van der Waals surface area (Å²) in [6.07, 6.45) is 10.3. The Balaban J connectivity index is 2.87. The van der Waals surface area contributed by atoms with Crippen LogP contribution in [0, 0.1) is 0 Å². The van der Waals surface area contributed by atoms with Gasteiger partial charge in [0.15, 0.2) is 0 Å². The molecular weight excluding hydrogens is 436 g/mol. The second-order valence-corrected chi connectivity index (χ2v) is 8.53. The first-order chi connectivity index (χ1) is 16.6. The average Bonchev–Trinajstić information content (AvgIpc) is 2.83. The van der Waals surface area contributed by atoms with E-state index in [-0.39, 0.29) is 6.73 Å². The van der Waals surface area contributed by atoms with Gasteiger partial charge in [-0.3, -0.25) is 5.32 Å². The molecule has 0 saturated carbocycles. The van der Waals surface area contributed by atoms with Crippen LogP contribution in [0.1, 0.15) is 77.0 Å². The number of aliphatic hydroxyl groups is 1. The van der Waals surface area contributed by atoms with E-state index in [2.05, 4.69) is 22.8 Å². The van der Waals surface area contributed by atoms with E-state index in [0.29, 0.717) is 52.0 Å². The molecule has 1 aromatic rings. The lowest BCUT2D eigenvalue weighted by Crippen LogP contribution is -2.54.